The molecule has 0 radical (unpaired) electrons. The molecule has 1 aromatic carbocycles. The number of carbonyl (C=O) groups is 1. The predicted molar refractivity (Wildman–Crippen MR) is 182 cm³/mol. The van der Waals surface area contributed by atoms with E-state index in [1.807, 2.05) is 17.0 Å². The van der Waals surface area contributed by atoms with Crippen LogP contribution in [0.15, 0.2) is 24.3 Å². The van der Waals surface area contributed by atoms with E-state index in [1.54, 1.807) is 7.11 Å². The molecule has 3 heterocycles. The summed E-state index contributed by atoms with van der Waals surface area (Å²) in [5.41, 5.74) is 2.02. The van der Waals surface area contributed by atoms with E-state index >= 15 is 0 Å². The van der Waals surface area contributed by atoms with E-state index in [0.29, 0.717) is 40.6 Å². The zero-order valence-electron chi connectivity index (χ0n) is 29.8. The van der Waals surface area contributed by atoms with Gasteiger partial charge in [-0.2, -0.15) is 0 Å². The smallest absolute Gasteiger partial charge is 0.410 e. The van der Waals surface area contributed by atoms with Crippen LogP contribution in [0.25, 0.3) is 0 Å². The third-order valence-corrected chi connectivity index (χ3v) is 15.3. The number of methoxy groups -OCH3 is 1. The molecule has 3 saturated heterocycles. The van der Waals surface area contributed by atoms with Gasteiger partial charge in [-0.25, -0.2) is 4.79 Å². The minimum atomic E-state index is -0.322. The van der Waals surface area contributed by atoms with Crippen LogP contribution in [0.2, 0.25) is 0 Å². The molecular weight excluding hydrogens is 588 g/mol. The summed E-state index contributed by atoms with van der Waals surface area (Å²) >= 11 is 0. The summed E-state index contributed by atoms with van der Waals surface area (Å²) in [5.74, 6) is 5.38. The van der Waals surface area contributed by atoms with E-state index < -0.39 is 0 Å². The molecule has 0 bridgehead atoms. The van der Waals surface area contributed by atoms with Gasteiger partial charge in [-0.05, 0) is 122 Å². The second-order valence-electron chi connectivity index (χ2n) is 17.6. The van der Waals surface area contributed by atoms with Gasteiger partial charge in [0.1, 0.15) is 11.9 Å². The molecule has 1 amide bonds. The second-order valence-corrected chi connectivity index (χ2v) is 17.6. The van der Waals surface area contributed by atoms with Gasteiger partial charge in [0, 0.05) is 45.1 Å². The number of piperazine rings is 1. The monoisotopic (exact) mass is 648 g/mol. The highest BCUT2D eigenvalue weighted by Gasteiger charge is 2.69. The number of nitrogens with zero attached hydrogens (tertiary/aromatic N) is 2. The van der Waals surface area contributed by atoms with Gasteiger partial charge in [-0.1, -0.05) is 39.8 Å². The van der Waals surface area contributed by atoms with Crippen molar-refractivity contribution in [1.29, 1.82) is 0 Å². The topological polar surface area (TPSA) is 60.5 Å². The summed E-state index contributed by atoms with van der Waals surface area (Å²) in [6.07, 6.45) is 12.5. The summed E-state index contributed by atoms with van der Waals surface area (Å²) in [7, 11) is 1.70. The van der Waals surface area contributed by atoms with Crippen LogP contribution in [-0.4, -0.2) is 73.8 Å². The fraction of sp³-hybridized carbons (Fsp3) is 0.825. The van der Waals surface area contributed by atoms with E-state index in [1.165, 1.54) is 50.5 Å². The van der Waals surface area contributed by atoms with E-state index in [2.05, 4.69) is 44.7 Å². The Kier molecular flexibility index (Phi) is 8.40. The van der Waals surface area contributed by atoms with Crippen LogP contribution in [0.5, 0.6) is 5.75 Å². The quantitative estimate of drug-likeness (QED) is 0.333. The van der Waals surface area contributed by atoms with Gasteiger partial charge in [0.2, 0.25) is 0 Å². The molecule has 0 N–H and O–H groups in total. The standard InChI is InChI=1S/C40H60N2O5/c1-26-12-17-40(45-25-26)27(2)36-35(47-40)23-34-32-11-8-29-22-31(13-15-38(29,3)33(32)14-16-39(34,36)4)46-37(43)42-20-18-41(19-21-42)24-28-6-9-30(44-5)10-7-28/h6-7,9-10,26-27,29,31-36H,8,11-25H2,1-5H3/t26-,27+,29-,31+,32-,33+,34+,35+,36+,38+,39+,40-/m1/s1. The first-order valence-electron chi connectivity index (χ1n) is 19.2. The molecule has 47 heavy (non-hydrogen) atoms. The van der Waals surface area contributed by atoms with Gasteiger partial charge in [0.15, 0.2) is 5.79 Å². The maximum atomic E-state index is 13.3. The average molecular weight is 649 g/mol. The van der Waals surface area contributed by atoms with Crippen LogP contribution in [0, 0.1) is 52.3 Å². The molecule has 0 aromatic heterocycles. The third-order valence-electron chi connectivity index (χ3n) is 15.3. The van der Waals surface area contributed by atoms with Crippen molar-refractivity contribution in [2.45, 2.75) is 116 Å². The minimum absolute atomic E-state index is 0.0674. The lowest BCUT2D eigenvalue weighted by atomic mass is 9.44. The first-order valence-corrected chi connectivity index (χ1v) is 19.2. The molecule has 260 valence electrons. The largest absolute Gasteiger partial charge is 0.497 e. The summed E-state index contributed by atoms with van der Waals surface area (Å²) in [6.45, 7) is 15.0. The first kappa shape index (κ1) is 32.4. The van der Waals surface area contributed by atoms with E-state index in [0.717, 1.165) is 82.1 Å². The Morgan fingerprint density at radius 2 is 1.66 bits per heavy atom. The molecule has 7 heteroatoms. The molecule has 7 aliphatic rings. The highest BCUT2D eigenvalue weighted by atomic mass is 16.7. The lowest BCUT2D eigenvalue weighted by Crippen LogP contribution is -2.55. The van der Waals surface area contributed by atoms with Crippen LogP contribution in [0.3, 0.4) is 0 Å². The Labute approximate surface area is 283 Å². The molecule has 7 fully saturated rings. The summed E-state index contributed by atoms with van der Waals surface area (Å²) < 4.78 is 25.1. The van der Waals surface area contributed by atoms with Crippen molar-refractivity contribution in [2.24, 2.45) is 52.3 Å². The number of fused-ring (bicyclic) bond motifs is 7. The van der Waals surface area contributed by atoms with Gasteiger partial charge >= 0.3 is 6.09 Å². The van der Waals surface area contributed by atoms with E-state index in [-0.39, 0.29) is 18.0 Å². The molecule has 3 aliphatic heterocycles. The lowest BCUT2D eigenvalue weighted by Gasteiger charge is -2.61. The van der Waals surface area contributed by atoms with Crippen molar-refractivity contribution in [3.05, 3.63) is 29.8 Å². The zero-order valence-corrected chi connectivity index (χ0v) is 29.8. The van der Waals surface area contributed by atoms with Gasteiger partial charge in [0.25, 0.3) is 0 Å². The fourth-order valence-corrected chi connectivity index (χ4v) is 12.6. The SMILES string of the molecule is COc1ccc(CN2CCN(C(=O)O[C@H]3CC[C@@]4(C)[C@H](CC[C@@H]5[C@@H]4CC[C@]4(C)[C@@H]6[C@H](C[C@@H]54)O[C@]4(CC[C@@H](C)CO4)[C@H]6C)C3)CC2)cc1. The summed E-state index contributed by atoms with van der Waals surface area (Å²) in [4.78, 5) is 17.7. The summed E-state index contributed by atoms with van der Waals surface area (Å²) in [6, 6.07) is 8.30. The van der Waals surface area contributed by atoms with Crippen molar-refractivity contribution in [3.8, 4) is 5.75 Å². The molecule has 0 unspecified atom stereocenters. The van der Waals surface area contributed by atoms with Crippen molar-refractivity contribution >= 4 is 6.09 Å². The van der Waals surface area contributed by atoms with Gasteiger partial charge < -0.3 is 23.8 Å². The summed E-state index contributed by atoms with van der Waals surface area (Å²) in [5, 5.41) is 0. The maximum Gasteiger partial charge on any atom is 0.410 e. The number of hydrogen-bond acceptors (Lipinski definition) is 6. The molecule has 8 rings (SSSR count). The van der Waals surface area contributed by atoms with Gasteiger partial charge in [0.05, 0.1) is 19.8 Å². The van der Waals surface area contributed by atoms with Crippen LogP contribution in [-0.2, 0) is 20.8 Å². The van der Waals surface area contributed by atoms with Crippen LogP contribution >= 0.6 is 0 Å². The maximum absolute atomic E-state index is 13.3. The van der Waals surface area contributed by atoms with Crippen molar-refractivity contribution in [1.82, 2.24) is 9.80 Å². The Hall–Kier alpha value is -1.83. The number of benzene rings is 1. The highest BCUT2D eigenvalue weighted by molar-refractivity contribution is 5.68. The molecule has 12 atom stereocenters. The van der Waals surface area contributed by atoms with E-state index in [4.69, 9.17) is 18.9 Å². The molecule has 4 saturated carbocycles. The Morgan fingerprint density at radius 1 is 0.894 bits per heavy atom. The van der Waals surface area contributed by atoms with Gasteiger partial charge in [-0.3, -0.25) is 4.90 Å². The number of ether oxygens (including phenoxy) is 4. The minimum Gasteiger partial charge on any atom is -0.497 e. The Balaban J connectivity index is 0.851. The van der Waals surface area contributed by atoms with Crippen molar-refractivity contribution in [2.75, 3.05) is 39.9 Å². The molecule has 4 aliphatic carbocycles. The zero-order chi connectivity index (χ0) is 32.6. The predicted octanol–water partition coefficient (Wildman–Crippen LogP) is 7.76. The van der Waals surface area contributed by atoms with Crippen molar-refractivity contribution in [3.63, 3.8) is 0 Å². The molecule has 1 aromatic rings. The van der Waals surface area contributed by atoms with Crippen LogP contribution < -0.4 is 4.74 Å². The van der Waals surface area contributed by atoms with Crippen LogP contribution in [0.1, 0.15) is 97.5 Å². The molecular formula is C40H60N2O5. The third kappa shape index (κ3) is 5.44. The second kappa shape index (κ2) is 12.2. The fourth-order valence-electron chi connectivity index (χ4n) is 12.6. The van der Waals surface area contributed by atoms with E-state index in [9.17, 15) is 4.79 Å². The number of carbonyl (C=O) groups excluding carboxylic acids is 1. The normalized spacial score (nSPS) is 46.3. The Morgan fingerprint density at radius 3 is 2.38 bits per heavy atom. The molecule has 1 spiro atoms. The van der Waals surface area contributed by atoms with Gasteiger partial charge in [-0.15, -0.1) is 0 Å². The van der Waals surface area contributed by atoms with Crippen LogP contribution in [0.4, 0.5) is 4.79 Å². The van der Waals surface area contributed by atoms with Crippen molar-refractivity contribution < 1.29 is 23.7 Å². The Bertz CT molecular complexity index is 1290. The molecule has 7 nitrogen and oxygen atoms in total. The highest BCUT2D eigenvalue weighted by Crippen LogP contribution is 2.71. The lowest BCUT2D eigenvalue weighted by molar-refractivity contribution is -0.273. The number of hydrogen-bond donors (Lipinski definition) is 0. The number of amides is 1. The first-order chi connectivity index (χ1) is 22.6. The number of rotatable bonds is 4. The average Bonchev–Trinajstić information content (AvgIpc) is 3.52.